The van der Waals surface area contributed by atoms with Crippen molar-refractivity contribution in [2.45, 2.75) is 45.7 Å². The van der Waals surface area contributed by atoms with Crippen molar-refractivity contribution in [1.82, 2.24) is 29.5 Å². The first-order valence-corrected chi connectivity index (χ1v) is 12.4. The van der Waals surface area contributed by atoms with Gasteiger partial charge in [-0.1, -0.05) is 6.07 Å². The summed E-state index contributed by atoms with van der Waals surface area (Å²) in [5.41, 5.74) is 11.2. The lowest BCUT2D eigenvalue weighted by molar-refractivity contribution is -0.117. The Balaban J connectivity index is 1.27. The summed E-state index contributed by atoms with van der Waals surface area (Å²) >= 11 is 0. The number of halogens is 1. The van der Waals surface area contributed by atoms with Crippen LogP contribution in [-0.2, 0) is 17.9 Å². The number of aromatic nitrogens is 4. The zero-order valence-electron chi connectivity index (χ0n) is 21.6. The molecule has 0 spiro atoms. The van der Waals surface area contributed by atoms with Crippen molar-refractivity contribution >= 4 is 11.6 Å². The molecule has 1 aliphatic rings. The molecule has 1 aliphatic carbocycles. The van der Waals surface area contributed by atoms with Crippen molar-refractivity contribution in [3.63, 3.8) is 0 Å². The van der Waals surface area contributed by atoms with Gasteiger partial charge in [-0.05, 0) is 61.9 Å². The molecule has 0 atom stereocenters. The largest absolute Gasteiger partial charge is 0.494 e. The molecule has 0 unspecified atom stereocenters. The van der Waals surface area contributed by atoms with Crippen LogP contribution in [0.1, 0.15) is 46.8 Å². The summed E-state index contributed by atoms with van der Waals surface area (Å²) in [5, 5.41) is 8.40. The van der Waals surface area contributed by atoms with Crippen molar-refractivity contribution in [3.05, 3.63) is 88.6 Å². The fraction of sp³-hybridized carbons (Fsp3) is 0.296. The second-order valence-corrected chi connectivity index (χ2v) is 9.60. The Hall–Kier alpha value is -4.38. The van der Waals surface area contributed by atoms with Crippen LogP contribution < -0.4 is 21.6 Å². The third-order valence-electron chi connectivity index (χ3n) is 6.70. The van der Waals surface area contributed by atoms with E-state index in [0.29, 0.717) is 11.6 Å². The van der Waals surface area contributed by atoms with Crippen LogP contribution in [0.3, 0.4) is 0 Å². The number of methoxy groups -OCH3 is 1. The van der Waals surface area contributed by atoms with Gasteiger partial charge in [-0.3, -0.25) is 4.79 Å². The number of nitrogens with one attached hydrogen (secondary N) is 1. The number of nitrogens with two attached hydrogens (primary N) is 2. The van der Waals surface area contributed by atoms with E-state index in [1.54, 1.807) is 16.9 Å². The third-order valence-corrected chi connectivity index (χ3v) is 6.70. The molecule has 1 saturated carbocycles. The molecule has 0 radical (unpaired) electrons. The number of aryl methyl sites for hydroxylation is 2. The quantitative estimate of drug-likeness (QED) is 0.177. The Morgan fingerprint density at radius 1 is 1.24 bits per heavy atom. The number of carbonyl (C=O) groups excluding carboxylic acids is 1. The first-order valence-electron chi connectivity index (χ1n) is 12.4. The monoisotopic (exact) mass is 518 g/mol. The normalized spacial score (nSPS) is 13.7. The fourth-order valence-electron chi connectivity index (χ4n) is 4.34. The molecule has 0 bridgehead atoms. The van der Waals surface area contributed by atoms with Crippen LogP contribution in [-0.4, -0.2) is 37.2 Å². The number of fused-ring (bicyclic) bond motifs is 1. The Kier molecular flexibility index (Phi) is 6.77. The lowest BCUT2D eigenvalue weighted by atomic mass is 10.1. The average molecular weight is 519 g/mol. The summed E-state index contributed by atoms with van der Waals surface area (Å²) in [7, 11) is 1.38. The SMILES string of the molecule is COc1ccc(-n2cc(C)c(C)n2)c(CNC(=O)/C(N)=C/N(N)Cc2cn3cc(C4CC4)ccc3n2)c1F. The minimum atomic E-state index is -0.592. The van der Waals surface area contributed by atoms with Crippen LogP contribution in [0.4, 0.5) is 4.39 Å². The molecule has 1 amide bonds. The third kappa shape index (κ3) is 5.18. The number of imidazole rings is 1. The van der Waals surface area contributed by atoms with E-state index in [1.165, 1.54) is 42.8 Å². The molecule has 1 aromatic carbocycles. The first-order chi connectivity index (χ1) is 18.2. The number of hydrazine groups is 1. The van der Waals surface area contributed by atoms with Gasteiger partial charge in [-0.2, -0.15) is 5.10 Å². The van der Waals surface area contributed by atoms with Gasteiger partial charge >= 0.3 is 0 Å². The standard InChI is InChI=1S/C27H31FN8O2/c1-16-11-36(33-17(16)2)23-7-8-24(38-3)26(28)21(23)10-31-27(37)22(29)15-35(30)14-20-13-34-12-19(18-4-5-18)6-9-25(34)32-20/h6-9,11-13,15,18H,4-5,10,14,29-30H2,1-3H3,(H,31,37)/b22-15-. The molecule has 3 aromatic heterocycles. The lowest BCUT2D eigenvalue weighted by Crippen LogP contribution is -2.33. The van der Waals surface area contributed by atoms with Crippen molar-refractivity contribution in [3.8, 4) is 11.4 Å². The molecule has 11 heteroatoms. The van der Waals surface area contributed by atoms with E-state index in [9.17, 15) is 4.79 Å². The number of carbonyl (C=O) groups is 1. The second kappa shape index (κ2) is 10.2. The number of amides is 1. The number of rotatable bonds is 9. The van der Waals surface area contributed by atoms with Crippen molar-refractivity contribution in [2.75, 3.05) is 7.11 Å². The number of nitrogens with zero attached hydrogens (tertiary/aromatic N) is 5. The van der Waals surface area contributed by atoms with E-state index in [0.717, 1.165) is 22.6 Å². The van der Waals surface area contributed by atoms with Crippen LogP contribution in [0.15, 0.2) is 54.8 Å². The molecule has 38 heavy (non-hydrogen) atoms. The minimum absolute atomic E-state index is 0.0620. The predicted molar refractivity (Wildman–Crippen MR) is 141 cm³/mol. The van der Waals surface area contributed by atoms with E-state index >= 15 is 4.39 Å². The van der Waals surface area contributed by atoms with E-state index < -0.39 is 11.7 Å². The molecule has 0 aliphatic heterocycles. The van der Waals surface area contributed by atoms with Gasteiger partial charge in [-0.25, -0.2) is 19.9 Å². The van der Waals surface area contributed by atoms with Crippen molar-refractivity contribution < 1.29 is 13.9 Å². The fourth-order valence-corrected chi connectivity index (χ4v) is 4.34. The Bertz CT molecular complexity index is 1520. The van der Waals surface area contributed by atoms with Crippen LogP contribution in [0, 0.1) is 19.7 Å². The maximum atomic E-state index is 15.2. The van der Waals surface area contributed by atoms with Crippen LogP contribution in [0.5, 0.6) is 5.75 Å². The molecule has 1 fully saturated rings. The topological polar surface area (TPSA) is 129 Å². The van der Waals surface area contributed by atoms with Gasteiger partial charge in [0.05, 0.1) is 30.7 Å². The highest BCUT2D eigenvalue weighted by atomic mass is 19.1. The Labute approximate surface area is 219 Å². The summed E-state index contributed by atoms with van der Waals surface area (Å²) in [5.74, 6) is 5.63. The van der Waals surface area contributed by atoms with Gasteiger partial charge in [0.1, 0.15) is 11.3 Å². The zero-order chi connectivity index (χ0) is 27.0. The molecule has 5 rings (SSSR count). The molecule has 0 saturated heterocycles. The molecule has 4 aromatic rings. The highest BCUT2D eigenvalue weighted by Gasteiger charge is 2.24. The Morgan fingerprint density at radius 3 is 2.71 bits per heavy atom. The summed E-state index contributed by atoms with van der Waals surface area (Å²) in [6.07, 6.45) is 9.59. The van der Waals surface area contributed by atoms with Gasteiger partial charge in [-0.15, -0.1) is 0 Å². The summed E-state index contributed by atoms with van der Waals surface area (Å²) < 4.78 is 23.9. The number of hydrogen-bond donors (Lipinski definition) is 3. The first kappa shape index (κ1) is 25.3. The second-order valence-electron chi connectivity index (χ2n) is 9.60. The maximum Gasteiger partial charge on any atom is 0.268 e. The van der Waals surface area contributed by atoms with E-state index in [2.05, 4.69) is 27.7 Å². The molecule has 198 valence electrons. The van der Waals surface area contributed by atoms with Crippen LogP contribution in [0.2, 0.25) is 0 Å². The maximum absolute atomic E-state index is 15.2. The number of hydrogen-bond acceptors (Lipinski definition) is 7. The van der Waals surface area contributed by atoms with Gasteiger partial charge in [0, 0.05) is 36.9 Å². The number of benzene rings is 1. The number of ether oxygens (including phenoxy) is 1. The summed E-state index contributed by atoms with van der Waals surface area (Å²) in [6.45, 7) is 3.90. The average Bonchev–Trinajstić information content (AvgIpc) is 3.58. The van der Waals surface area contributed by atoms with Gasteiger partial charge in [0.25, 0.3) is 5.91 Å². The van der Waals surface area contributed by atoms with E-state index in [4.69, 9.17) is 16.3 Å². The van der Waals surface area contributed by atoms with Crippen molar-refractivity contribution in [2.24, 2.45) is 11.6 Å². The number of pyridine rings is 1. The zero-order valence-corrected chi connectivity index (χ0v) is 21.6. The Morgan fingerprint density at radius 2 is 2.03 bits per heavy atom. The molecular weight excluding hydrogens is 487 g/mol. The van der Waals surface area contributed by atoms with Gasteiger partial charge in [0.2, 0.25) is 0 Å². The predicted octanol–water partition coefficient (Wildman–Crippen LogP) is 2.95. The molecular formula is C27H31FN8O2. The van der Waals surface area contributed by atoms with Crippen LogP contribution >= 0.6 is 0 Å². The van der Waals surface area contributed by atoms with Crippen LogP contribution in [0.25, 0.3) is 11.3 Å². The highest BCUT2D eigenvalue weighted by molar-refractivity contribution is 5.92. The minimum Gasteiger partial charge on any atom is -0.494 e. The van der Waals surface area contributed by atoms with E-state index in [-0.39, 0.29) is 30.1 Å². The van der Waals surface area contributed by atoms with E-state index in [1.807, 2.05) is 30.5 Å². The highest BCUT2D eigenvalue weighted by Crippen LogP contribution is 2.39. The molecule has 5 N–H and O–H groups in total. The van der Waals surface area contributed by atoms with Crippen molar-refractivity contribution in [1.29, 1.82) is 0 Å². The summed E-state index contributed by atoms with van der Waals surface area (Å²) in [6, 6.07) is 7.32. The smallest absolute Gasteiger partial charge is 0.268 e. The molecule has 10 nitrogen and oxygen atoms in total. The van der Waals surface area contributed by atoms with Gasteiger partial charge < -0.3 is 25.2 Å². The van der Waals surface area contributed by atoms with Gasteiger partial charge in [0.15, 0.2) is 11.6 Å². The lowest BCUT2D eigenvalue weighted by Gasteiger charge is -2.15. The molecule has 3 heterocycles. The summed E-state index contributed by atoms with van der Waals surface area (Å²) in [4.78, 5) is 17.3.